The lowest BCUT2D eigenvalue weighted by Gasteiger charge is -2.35. The molecule has 0 unspecified atom stereocenters. The Hall–Kier alpha value is -3.27. The van der Waals surface area contributed by atoms with Crippen molar-refractivity contribution in [1.82, 2.24) is 20.1 Å². The van der Waals surface area contributed by atoms with E-state index in [2.05, 4.69) is 32.2 Å². The summed E-state index contributed by atoms with van der Waals surface area (Å²) in [7, 11) is 0. The van der Waals surface area contributed by atoms with E-state index in [9.17, 15) is 26.3 Å². The van der Waals surface area contributed by atoms with E-state index in [4.69, 9.17) is 29.0 Å². The zero-order valence-electron chi connectivity index (χ0n) is 19.4. The zero-order valence-corrected chi connectivity index (χ0v) is 19.4. The molecular weight excluding hydrogens is 518 g/mol. The molecule has 2 N–H and O–H groups in total. The molecule has 0 amide bonds. The Kier molecular flexibility index (Phi) is 10.4. The SMILES string of the molecule is Cc1nnc(C[C@@H]2OC[C@H]3CN(Cc4ccncc4)CC[C@H]32)o1.O=C(O)C(F)(F)F.O=C(O)C(F)(F)F. The fraction of sp³-hybridized carbons (Fsp3) is 0.571. The lowest BCUT2D eigenvalue weighted by molar-refractivity contribution is -0.193. The maximum atomic E-state index is 10.6. The molecule has 2 saturated heterocycles. The summed E-state index contributed by atoms with van der Waals surface area (Å²) in [6, 6.07) is 4.19. The van der Waals surface area contributed by atoms with Crippen LogP contribution in [-0.2, 0) is 27.3 Å². The highest BCUT2D eigenvalue weighted by Crippen LogP contribution is 2.36. The lowest BCUT2D eigenvalue weighted by Crippen LogP contribution is -2.41. The minimum atomic E-state index is -5.08. The largest absolute Gasteiger partial charge is 0.490 e. The van der Waals surface area contributed by atoms with Crippen LogP contribution in [0.15, 0.2) is 28.9 Å². The summed E-state index contributed by atoms with van der Waals surface area (Å²) in [5.74, 6) is -2.97. The number of aromatic nitrogens is 3. The molecule has 206 valence electrons. The number of hydrogen-bond donors (Lipinski definition) is 2. The summed E-state index contributed by atoms with van der Waals surface area (Å²) < 4.78 is 75.0. The van der Waals surface area contributed by atoms with Gasteiger partial charge < -0.3 is 19.4 Å². The van der Waals surface area contributed by atoms with Gasteiger partial charge in [-0.15, -0.1) is 10.2 Å². The highest BCUT2D eigenvalue weighted by molar-refractivity contribution is 5.73. The van der Waals surface area contributed by atoms with E-state index in [1.807, 2.05) is 19.3 Å². The van der Waals surface area contributed by atoms with Crippen molar-refractivity contribution in [1.29, 1.82) is 0 Å². The second-order valence-corrected chi connectivity index (χ2v) is 8.20. The first kappa shape index (κ1) is 30.0. The number of carboxylic acids is 2. The third kappa shape index (κ3) is 9.95. The fourth-order valence-corrected chi connectivity index (χ4v) is 3.85. The molecular formula is C21H24F6N4O6. The molecule has 2 aromatic heterocycles. The van der Waals surface area contributed by atoms with Crippen LogP contribution >= 0.6 is 0 Å². The number of fused-ring (bicyclic) bond motifs is 1. The van der Waals surface area contributed by atoms with Crippen molar-refractivity contribution >= 4 is 11.9 Å². The summed E-state index contributed by atoms with van der Waals surface area (Å²) in [4.78, 5) is 24.4. The van der Waals surface area contributed by atoms with Gasteiger partial charge in [0.1, 0.15) is 0 Å². The zero-order chi connectivity index (χ0) is 27.8. The van der Waals surface area contributed by atoms with Gasteiger partial charge in [0.05, 0.1) is 19.1 Å². The third-order valence-corrected chi connectivity index (χ3v) is 5.46. The van der Waals surface area contributed by atoms with Crippen molar-refractivity contribution < 1.29 is 55.3 Å². The van der Waals surface area contributed by atoms with Crippen molar-refractivity contribution in [2.45, 2.75) is 44.8 Å². The van der Waals surface area contributed by atoms with E-state index in [0.29, 0.717) is 23.6 Å². The summed E-state index contributed by atoms with van der Waals surface area (Å²) in [6.45, 7) is 5.89. The Morgan fingerprint density at radius 2 is 1.62 bits per heavy atom. The first-order valence-electron chi connectivity index (χ1n) is 10.8. The Morgan fingerprint density at radius 3 is 2.11 bits per heavy atom. The van der Waals surface area contributed by atoms with Crippen LogP contribution in [0.3, 0.4) is 0 Å². The number of aliphatic carboxylic acids is 2. The molecule has 2 aliphatic rings. The van der Waals surface area contributed by atoms with Gasteiger partial charge in [-0.2, -0.15) is 26.3 Å². The molecule has 37 heavy (non-hydrogen) atoms. The third-order valence-electron chi connectivity index (χ3n) is 5.46. The molecule has 0 spiro atoms. The van der Waals surface area contributed by atoms with E-state index >= 15 is 0 Å². The van der Waals surface area contributed by atoms with Crippen molar-refractivity contribution in [2.24, 2.45) is 11.8 Å². The number of carboxylic acid groups (broad SMARTS) is 2. The molecule has 0 aromatic carbocycles. The highest BCUT2D eigenvalue weighted by atomic mass is 19.4. The fourth-order valence-electron chi connectivity index (χ4n) is 3.85. The molecule has 16 heteroatoms. The van der Waals surface area contributed by atoms with Gasteiger partial charge in [-0.1, -0.05) is 0 Å². The van der Waals surface area contributed by atoms with Gasteiger partial charge in [0.15, 0.2) is 0 Å². The number of alkyl halides is 6. The smallest absolute Gasteiger partial charge is 0.475 e. The van der Waals surface area contributed by atoms with Crippen LogP contribution in [0.4, 0.5) is 26.3 Å². The maximum absolute atomic E-state index is 10.6. The number of aryl methyl sites for hydroxylation is 1. The molecule has 0 radical (unpaired) electrons. The average molecular weight is 542 g/mol. The molecule has 4 rings (SSSR count). The molecule has 3 atom stereocenters. The van der Waals surface area contributed by atoms with E-state index in [1.165, 1.54) is 12.0 Å². The first-order valence-corrected chi connectivity index (χ1v) is 10.8. The van der Waals surface area contributed by atoms with Crippen LogP contribution < -0.4 is 0 Å². The van der Waals surface area contributed by atoms with Crippen molar-refractivity contribution in [2.75, 3.05) is 19.7 Å². The highest BCUT2D eigenvalue weighted by Gasteiger charge is 2.41. The summed E-state index contributed by atoms with van der Waals surface area (Å²) in [6.07, 6.45) is -4.30. The van der Waals surface area contributed by atoms with Gasteiger partial charge >= 0.3 is 24.3 Å². The van der Waals surface area contributed by atoms with Gasteiger partial charge in [-0.25, -0.2) is 9.59 Å². The van der Waals surface area contributed by atoms with Crippen LogP contribution in [0, 0.1) is 18.8 Å². The minimum Gasteiger partial charge on any atom is -0.475 e. The van der Waals surface area contributed by atoms with E-state index in [-0.39, 0.29) is 6.10 Å². The van der Waals surface area contributed by atoms with Gasteiger partial charge in [0.25, 0.3) is 0 Å². The van der Waals surface area contributed by atoms with E-state index in [1.54, 1.807) is 0 Å². The standard InChI is InChI=1S/C17H22N4O2.2C2HF3O2/c1-12-19-20-17(23-12)8-16-15-4-7-21(10-14(15)11-22-16)9-13-2-5-18-6-3-13;2*3-2(4,5)1(6)7/h2-3,5-6,14-16H,4,7-11H2,1H3;2*(H,6,7)/t14-,15-,16+;;/m1../s1. The predicted molar refractivity (Wildman–Crippen MR) is 111 cm³/mol. The Labute approximate surface area is 206 Å². The molecule has 0 aliphatic carbocycles. The minimum absolute atomic E-state index is 0.225. The first-order chi connectivity index (χ1) is 17.2. The average Bonchev–Trinajstić information content (AvgIpc) is 3.40. The Balaban J connectivity index is 0.000000286. The second kappa shape index (κ2) is 12.8. The number of piperidine rings is 1. The number of halogens is 6. The van der Waals surface area contributed by atoms with Crippen molar-refractivity contribution in [3.63, 3.8) is 0 Å². The predicted octanol–water partition coefficient (Wildman–Crippen LogP) is 3.12. The van der Waals surface area contributed by atoms with Crippen LogP contribution in [0.1, 0.15) is 23.8 Å². The van der Waals surface area contributed by atoms with Gasteiger partial charge in [-0.05, 0) is 36.6 Å². The second-order valence-electron chi connectivity index (χ2n) is 8.20. The molecule has 0 saturated carbocycles. The van der Waals surface area contributed by atoms with Crippen LogP contribution in [0.2, 0.25) is 0 Å². The lowest BCUT2D eigenvalue weighted by atomic mass is 9.83. The van der Waals surface area contributed by atoms with Crippen LogP contribution in [0.25, 0.3) is 0 Å². The quantitative estimate of drug-likeness (QED) is 0.554. The topological polar surface area (TPSA) is 139 Å². The summed E-state index contributed by atoms with van der Waals surface area (Å²) >= 11 is 0. The number of pyridine rings is 1. The monoisotopic (exact) mass is 542 g/mol. The normalized spacial score (nSPS) is 21.6. The molecule has 10 nitrogen and oxygen atoms in total. The number of carbonyl (C=O) groups is 2. The van der Waals surface area contributed by atoms with Gasteiger partial charge in [0, 0.05) is 38.3 Å². The molecule has 2 fully saturated rings. The van der Waals surface area contributed by atoms with E-state index < -0.39 is 24.3 Å². The van der Waals surface area contributed by atoms with Crippen LogP contribution in [-0.4, -0.2) is 80.4 Å². The van der Waals surface area contributed by atoms with Crippen molar-refractivity contribution in [3.8, 4) is 0 Å². The Bertz CT molecular complexity index is 993. The number of rotatable bonds is 4. The van der Waals surface area contributed by atoms with Crippen LogP contribution in [0.5, 0.6) is 0 Å². The maximum Gasteiger partial charge on any atom is 0.490 e. The van der Waals surface area contributed by atoms with E-state index in [0.717, 1.165) is 32.7 Å². The van der Waals surface area contributed by atoms with Gasteiger partial charge in [-0.3, -0.25) is 9.88 Å². The number of ether oxygens (including phenoxy) is 1. The summed E-state index contributed by atoms with van der Waals surface area (Å²) in [5.41, 5.74) is 1.33. The summed E-state index contributed by atoms with van der Waals surface area (Å²) in [5, 5.41) is 22.3. The van der Waals surface area contributed by atoms with Gasteiger partial charge in [0.2, 0.25) is 11.8 Å². The number of hydrogen-bond acceptors (Lipinski definition) is 8. The molecule has 0 bridgehead atoms. The number of likely N-dealkylation sites (tertiary alicyclic amines) is 1. The molecule has 4 heterocycles. The Morgan fingerprint density at radius 1 is 1.05 bits per heavy atom. The van der Waals surface area contributed by atoms with Crippen molar-refractivity contribution in [3.05, 3.63) is 41.9 Å². The number of nitrogens with zero attached hydrogens (tertiary/aromatic N) is 4. The molecule has 2 aromatic rings. The molecule has 2 aliphatic heterocycles.